The molecule has 1 aromatic rings. The van der Waals surface area contributed by atoms with Crippen LogP contribution >= 0.6 is 0 Å². The van der Waals surface area contributed by atoms with Crippen LogP contribution in [0.2, 0.25) is 0 Å². The van der Waals surface area contributed by atoms with Gasteiger partial charge < -0.3 is 28.4 Å². The van der Waals surface area contributed by atoms with Gasteiger partial charge in [0, 0.05) is 18.2 Å². The summed E-state index contributed by atoms with van der Waals surface area (Å²) in [5.74, 6) is 1.93. The molecule has 0 spiro atoms. The minimum absolute atomic E-state index is 0.418. The van der Waals surface area contributed by atoms with Gasteiger partial charge >= 0.3 is 0 Å². The highest BCUT2D eigenvalue weighted by Crippen LogP contribution is 2.28. The quantitative estimate of drug-likeness (QED) is 0.288. The Labute approximate surface area is 162 Å². The average Bonchev–Trinajstić information content (AvgIpc) is 2.67. The summed E-state index contributed by atoms with van der Waals surface area (Å²) in [4.78, 5) is 0. The van der Waals surface area contributed by atoms with Crippen LogP contribution in [0.25, 0.3) is 0 Å². The maximum Gasteiger partial charge on any atom is 0.126 e. The van der Waals surface area contributed by atoms with Crippen LogP contribution in [-0.4, -0.2) is 59.5 Å². The van der Waals surface area contributed by atoms with E-state index in [2.05, 4.69) is 19.7 Å². The molecule has 1 rings (SSSR count). The third-order valence-electron chi connectivity index (χ3n) is 3.05. The molecule has 0 saturated carbocycles. The van der Waals surface area contributed by atoms with Crippen LogP contribution in [0.15, 0.2) is 56.2 Å². The lowest BCUT2D eigenvalue weighted by atomic mass is 10.3. The van der Waals surface area contributed by atoms with E-state index in [1.54, 1.807) is 18.2 Å². The monoisotopic (exact) mass is 378 g/mol. The first kappa shape index (κ1) is 22.8. The molecule has 0 atom stereocenters. The topological polar surface area (TPSA) is 55.4 Å². The van der Waals surface area contributed by atoms with E-state index in [-0.39, 0.29) is 0 Å². The first-order chi connectivity index (χ1) is 13.3. The number of hydrogen-bond acceptors (Lipinski definition) is 6. The zero-order valence-electron chi connectivity index (χ0n) is 15.9. The van der Waals surface area contributed by atoms with Crippen LogP contribution in [0.3, 0.4) is 0 Å². The Morgan fingerprint density at radius 1 is 0.519 bits per heavy atom. The van der Waals surface area contributed by atoms with Crippen molar-refractivity contribution >= 4 is 0 Å². The first-order valence-corrected chi connectivity index (χ1v) is 8.89. The Kier molecular flexibility index (Phi) is 13.4. The smallest absolute Gasteiger partial charge is 0.126 e. The van der Waals surface area contributed by atoms with Crippen molar-refractivity contribution in [1.29, 1.82) is 0 Å². The number of hydrogen-bond donors (Lipinski definition) is 0. The van der Waals surface area contributed by atoms with Gasteiger partial charge in [0.15, 0.2) is 0 Å². The predicted molar refractivity (Wildman–Crippen MR) is 106 cm³/mol. The molecule has 0 unspecified atom stereocenters. The van der Waals surface area contributed by atoms with E-state index >= 15 is 0 Å². The Balaban J connectivity index is 2.55. The van der Waals surface area contributed by atoms with Crippen LogP contribution in [0, 0.1) is 0 Å². The summed E-state index contributed by atoms with van der Waals surface area (Å²) in [5.41, 5.74) is 0. The van der Waals surface area contributed by atoms with E-state index in [4.69, 9.17) is 28.4 Å². The van der Waals surface area contributed by atoms with Crippen molar-refractivity contribution in [3.63, 3.8) is 0 Å². The molecule has 0 aliphatic rings. The molecule has 6 nitrogen and oxygen atoms in total. The molecule has 0 fully saturated rings. The lowest BCUT2D eigenvalue weighted by Gasteiger charge is -2.13. The Morgan fingerprint density at radius 3 is 1.07 bits per heavy atom. The summed E-state index contributed by atoms with van der Waals surface area (Å²) in [6.07, 6.45) is 5.09. The lowest BCUT2D eigenvalue weighted by molar-refractivity contribution is 0.115. The van der Waals surface area contributed by atoms with Crippen LogP contribution in [-0.2, 0) is 14.2 Å². The molecular formula is C21H30O6. The van der Waals surface area contributed by atoms with Crippen molar-refractivity contribution in [1.82, 2.24) is 0 Å². The van der Waals surface area contributed by atoms with Gasteiger partial charge in [-0.05, 0) is 0 Å². The molecule has 0 heterocycles. The highest BCUT2D eigenvalue weighted by Gasteiger charge is 2.05. The maximum atomic E-state index is 5.72. The minimum atomic E-state index is 0.418. The summed E-state index contributed by atoms with van der Waals surface area (Å²) in [6.45, 7) is 15.0. The third kappa shape index (κ3) is 11.9. The molecule has 0 N–H and O–H groups in total. The molecule has 0 amide bonds. The van der Waals surface area contributed by atoms with Crippen molar-refractivity contribution in [3.05, 3.63) is 56.2 Å². The largest absolute Gasteiger partial charge is 0.491 e. The van der Waals surface area contributed by atoms with Gasteiger partial charge in [-0.3, -0.25) is 0 Å². The molecule has 0 aromatic heterocycles. The van der Waals surface area contributed by atoms with Crippen molar-refractivity contribution in [3.8, 4) is 17.2 Å². The lowest BCUT2D eigenvalue weighted by Crippen LogP contribution is -2.10. The van der Waals surface area contributed by atoms with Gasteiger partial charge in [-0.15, -0.1) is 19.7 Å². The van der Waals surface area contributed by atoms with E-state index < -0.39 is 0 Å². The molecule has 0 radical (unpaired) electrons. The van der Waals surface area contributed by atoms with Gasteiger partial charge in [-0.1, -0.05) is 18.2 Å². The average molecular weight is 378 g/mol. The zero-order valence-corrected chi connectivity index (χ0v) is 15.9. The van der Waals surface area contributed by atoms with Gasteiger partial charge in [-0.25, -0.2) is 0 Å². The molecule has 0 bridgehead atoms. The van der Waals surface area contributed by atoms with Crippen LogP contribution in [0.5, 0.6) is 17.2 Å². The van der Waals surface area contributed by atoms with Crippen LogP contribution in [0.4, 0.5) is 0 Å². The standard InChI is InChI=1S/C21H30O6/c1-4-7-22-10-13-25-19-16-20(26-14-11-23-8-5-2)18-21(17-19)27-15-12-24-9-6-3/h4-6,16-18H,1-3,7-15H2. The van der Waals surface area contributed by atoms with Gasteiger partial charge in [0.2, 0.25) is 0 Å². The fourth-order valence-electron chi connectivity index (χ4n) is 1.95. The van der Waals surface area contributed by atoms with Crippen molar-refractivity contribution in [2.24, 2.45) is 0 Å². The van der Waals surface area contributed by atoms with Crippen LogP contribution in [0.1, 0.15) is 0 Å². The van der Waals surface area contributed by atoms with Crippen molar-refractivity contribution < 1.29 is 28.4 Å². The molecule has 0 aliphatic carbocycles. The van der Waals surface area contributed by atoms with E-state index in [0.717, 1.165) is 0 Å². The van der Waals surface area contributed by atoms with Gasteiger partial charge in [0.25, 0.3) is 0 Å². The number of benzene rings is 1. The van der Waals surface area contributed by atoms with Gasteiger partial charge in [-0.2, -0.15) is 0 Å². The van der Waals surface area contributed by atoms with E-state index in [1.807, 2.05) is 18.2 Å². The molecule has 150 valence electrons. The molecule has 6 heteroatoms. The summed E-state index contributed by atoms with van der Waals surface area (Å²) in [5, 5.41) is 0. The SMILES string of the molecule is C=CCOCCOc1cc(OCCOCC=C)cc(OCCOCC=C)c1. The minimum Gasteiger partial charge on any atom is -0.491 e. The second-order valence-corrected chi connectivity index (χ2v) is 5.28. The Hall–Kier alpha value is -2.28. The molecular weight excluding hydrogens is 348 g/mol. The third-order valence-corrected chi connectivity index (χ3v) is 3.05. The normalized spacial score (nSPS) is 10.2. The van der Waals surface area contributed by atoms with Gasteiger partial charge in [0.1, 0.15) is 37.1 Å². The van der Waals surface area contributed by atoms with E-state index in [0.29, 0.717) is 76.7 Å². The fourth-order valence-corrected chi connectivity index (χ4v) is 1.95. The highest BCUT2D eigenvalue weighted by atomic mass is 16.5. The summed E-state index contributed by atoms with van der Waals surface area (Å²) < 4.78 is 33.1. The van der Waals surface area contributed by atoms with Gasteiger partial charge in [0.05, 0.1) is 39.6 Å². The summed E-state index contributed by atoms with van der Waals surface area (Å²) >= 11 is 0. The number of rotatable bonds is 18. The summed E-state index contributed by atoms with van der Waals surface area (Å²) in [7, 11) is 0. The van der Waals surface area contributed by atoms with E-state index in [9.17, 15) is 0 Å². The van der Waals surface area contributed by atoms with Crippen LogP contribution < -0.4 is 14.2 Å². The Morgan fingerprint density at radius 2 is 0.815 bits per heavy atom. The predicted octanol–water partition coefficient (Wildman–Crippen LogP) is 3.43. The molecule has 0 saturated heterocycles. The molecule has 0 aliphatic heterocycles. The second kappa shape index (κ2) is 15.9. The van der Waals surface area contributed by atoms with Crippen molar-refractivity contribution in [2.45, 2.75) is 0 Å². The highest BCUT2D eigenvalue weighted by molar-refractivity contribution is 5.42. The first-order valence-electron chi connectivity index (χ1n) is 8.89. The fraction of sp³-hybridized carbons (Fsp3) is 0.429. The molecule has 1 aromatic carbocycles. The van der Waals surface area contributed by atoms with E-state index in [1.165, 1.54) is 0 Å². The maximum absolute atomic E-state index is 5.72. The summed E-state index contributed by atoms with van der Waals surface area (Å²) in [6, 6.07) is 5.42. The zero-order chi connectivity index (χ0) is 19.6. The van der Waals surface area contributed by atoms with Crippen molar-refractivity contribution in [2.75, 3.05) is 59.5 Å². The molecule has 27 heavy (non-hydrogen) atoms. The number of ether oxygens (including phenoxy) is 6. The second-order valence-electron chi connectivity index (χ2n) is 5.28. The Bertz CT molecular complexity index is 455.